The molecule has 138 valence electrons. The van der Waals surface area contributed by atoms with E-state index in [0.717, 1.165) is 22.4 Å². The van der Waals surface area contributed by atoms with Crippen molar-refractivity contribution in [1.29, 1.82) is 0 Å². The van der Waals surface area contributed by atoms with Crippen LogP contribution in [0.1, 0.15) is 12.5 Å². The number of hydrogen-bond donors (Lipinski definition) is 0. The summed E-state index contributed by atoms with van der Waals surface area (Å²) in [5, 5.41) is 0.518. The van der Waals surface area contributed by atoms with Gasteiger partial charge in [0.2, 0.25) is 18.1 Å². The maximum Gasteiger partial charge on any atom is 0.267 e. The Kier molecular flexibility index (Phi) is 4.90. The Bertz CT molecular complexity index is 1200. The first-order valence-electron chi connectivity index (χ1n) is 8.20. The maximum absolute atomic E-state index is 13.0. The number of hydrogen-bond acceptors (Lipinski definition) is 6. The molecule has 0 unspecified atom stereocenters. The molecular weight excluding hydrogens is 432 g/mol. The number of halogens is 1. The van der Waals surface area contributed by atoms with Crippen molar-refractivity contribution in [1.82, 2.24) is 18.9 Å². The lowest BCUT2D eigenvalue weighted by Crippen LogP contribution is -2.19. The van der Waals surface area contributed by atoms with E-state index in [1.165, 1.54) is 10.9 Å². The Morgan fingerprint density at radius 1 is 1.26 bits per heavy atom. The fourth-order valence-corrected chi connectivity index (χ4v) is 3.41. The normalized spacial score (nSPS) is 11.4. The van der Waals surface area contributed by atoms with Crippen LogP contribution in [-0.2, 0) is 4.18 Å². The molecule has 9 heteroatoms. The van der Waals surface area contributed by atoms with E-state index in [4.69, 9.17) is 8.37 Å². The van der Waals surface area contributed by atoms with Crippen molar-refractivity contribution in [3.05, 3.63) is 63.2 Å². The first-order valence-corrected chi connectivity index (χ1v) is 9.66. The molecule has 7 nitrogen and oxygen atoms in total. The van der Waals surface area contributed by atoms with Crippen molar-refractivity contribution in [2.24, 2.45) is 0 Å². The topological polar surface area (TPSA) is 70.7 Å². The van der Waals surface area contributed by atoms with Crippen molar-refractivity contribution in [2.75, 3.05) is 6.61 Å². The van der Waals surface area contributed by atoms with Gasteiger partial charge in [-0.1, -0.05) is 6.07 Å². The van der Waals surface area contributed by atoms with E-state index in [0.29, 0.717) is 34.9 Å². The summed E-state index contributed by atoms with van der Waals surface area (Å²) in [6, 6.07) is 9.24. The number of fused-ring (bicyclic) bond motifs is 2. The van der Waals surface area contributed by atoms with Gasteiger partial charge in [-0.05, 0) is 59.6 Å². The summed E-state index contributed by atoms with van der Waals surface area (Å²) in [6.45, 7) is 4.31. The number of imidazole rings is 1. The average molecular weight is 447 g/mol. The number of pyridine rings is 1. The molecule has 0 atom stereocenters. The van der Waals surface area contributed by atoms with Gasteiger partial charge in [0.15, 0.2) is 0 Å². The molecule has 0 N–H and O–H groups in total. The fraction of sp³-hybridized carbons (Fsp3) is 0.167. The molecule has 3 aromatic heterocycles. The molecule has 0 bridgehead atoms. The van der Waals surface area contributed by atoms with Crippen LogP contribution < -0.4 is 9.74 Å². The van der Waals surface area contributed by atoms with E-state index in [1.54, 1.807) is 10.5 Å². The van der Waals surface area contributed by atoms with Gasteiger partial charge in [0, 0.05) is 10.7 Å². The van der Waals surface area contributed by atoms with Gasteiger partial charge >= 0.3 is 0 Å². The Hall–Kier alpha value is -2.36. The maximum atomic E-state index is 13.0. The number of aryl methyl sites for hydroxylation is 1. The van der Waals surface area contributed by atoms with E-state index in [2.05, 4.69) is 25.9 Å². The minimum atomic E-state index is -0.214. The van der Waals surface area contributed by atoms with E-state index >= 15 is 0 Å². The summed E-state index contributed by atoms with van der Waals surface area (Å²) < 4.78 is 14.9. The molecule has 0 amide bonds. The molecule has 0 aliphatic carbocycles. The Balaban J connectivity index is 1.94. The molecule has 3 heterocycles. The monoisotopic (exact) mass is 446 g/mol. The van der Waals surface area contributed by atoms with Crippen LogP contribution in [0, 0.1) is 6.92 Å². The first kappa shape index (κ1) is 18.0. The third-order valence-corrected chi connectivity index (χ3v) is 4.97. The van der Waals surface area contributed by atoms with Crippen LogP contribution in [0.15, 0.2) is 52.1 Å². The van der Waals surface area contributed by atoms with Crippen LogP contribution in [0.5, 0.6) is 5.88 Å². The molecular formula is C18H15BrN4O3S. The number of benzene rings is 1. The van der Waals surface area contributed by atoms with Crippen molar-refractivity contribution in [3.63, 3.8) is 0 Å². The van der Waals surface area contributed by atoms with Crippen LogP contribution >= 0.6 is 28.3 Å². The van der Waals surface area contributed by atoms with Crippen molar-refractivity contribution in [3.8, 4) is 11.7 Å². The van der Waals surface area contributed by atoms with Crippen LogP contribution in [0.3, 0.4) is 0 Å². The van der Waals surface area contributed by atoms with Crippen molar-refractivity contribution in [2.45, 2.75) is 13.8 Å². The third-order valence-electron chi connectivity index (χ3n) is 3.94. The molecule has 0 saturated carbocycles. The van der Waals surface area contributed by atoms with Gasteiger partial charge in [0.1, 0.15) is 12.0 Å². The summed E-state index contributed by atoms with van der Waals surface area (Å²) in [6.07, 6.45) is 3.29. The zero-order valence-electron chi connectivity index (χ0n) is 14.5. The Labute approximate surface area is 167 Å². The van der Waals surface area contributed by atoms with E-state index in [-0.39, 0.29) is 5.56 Å². The van der Waals surface area contributed by atoms with Crippen LogP contribution in [-0.4, -0.2) is 25.5 Å². The molecule has 27 heavy (non-hydrogen) atoms. The zero-order valence-corrected chi connectivity index (χ0v) is 17.0. The van der Waals surface area contributed by atoms with Crippen molar-refractivity contribution < 1.29 is 8.37 Å². The van der Waals surface area contributed by atoms with E-state index in [9.17, 15) is 4.79 Å². The fourth-order valence-electron chi connectivity index (χ4n) is 2.71. The molecule has 0 aliphatic heterocycles. The summed E-state index contributed by atoms with van der Waals surface area (Å²) in [4.78, 5) is 22.0. The molecule has 4 rings (SSSR count). The molecule has 0 saturated heterocycles. The zero-order chi connectivity index (χ0) is 19.0. The van der Waals surface area contributed by atoms with E-state index < -0.39 is 0 Å². The predicted octanol–water partition coefficient (Wildman–Crippen LogP) is 4.08. The van der Waals surface area contributed by atoms with Crippen LogP contribution in [0.2, 0.25) is 0 Å². The lowest BCUT2D eigenvalue weighted by Gasteiger charge is -2.08. The van der Waals surface area contributed by atoms with Gasteiger partial charge in [-0.15, -0.1) is 0 Å². The Morgan fingerprint density at radius 2 is 2.11 bits per heavy atom. The van der Waals surface area contributed by atoms with Gasteiger partial charge < -0.3 is 4.18 Å². The second-order valence-electron chi connectivity index (χ2n) is 5.81. The highest BCUT2D eigenvalue weighted by Crippen LogP contribution is 2.28. The SMILES string of the molecule is CCOSOc1c(-n2cnc3cc(C)ccc3c2=O)nc2ccc(Br)cn12. The highest BCUT2D eigenvalue weighted by molar-refractivity contribution is 9.10. The quantitative estimate of drug-likeness (QED) is 0.339. The van der Waals surface area contributed by atoms with Gasteiger partial charge in [-0.2, -0.15) is 0 Å². The number of aromatic nitrogens is 4. The largest absolute Gasteiger partial charge is 0.377 e. The lowest BCUT2D eigenvalue weighted by molar-refractivity contribution is 0.366. The second kappa shape index (κ2) is 7.34. The number of rotatable bonds is 5. The smallest absolute Gasteiger partial charge is 0.267 e. The van der Waals surface area contributed by atoms with Gasteiger partial charge in [-0.3, -0.25) is 13.4 Å². The predicted molar refractivity (Wildman–Crippen MR) is 108 cm³/mol. The average Bonchev–Trinajstić information content (AvgIpc) is 3.00. The highest BCUT2D eigenvalue weighted by atomic mass is 79.9. The molecule has 1 aromatic carbocycles. The van der Waals surface area contributed by atoms with Crippen LogP contribution in [0.25, 0.3) is 22.4 Å². The summed E-state index contributed by atoms with van der Waals surface area (Å²) in [7, 11) is 0. The highest BCUT2D eigenvalue weighted by Gasteiger charge is 2.19. The number of nitrogens with zero attached hydrogens (tertiary/aromatic N) is 4. The first-order chi connectivity index (χ1) is 13.1. The molecule has 0 fully saturated rings. The molecule has 0 radical (unpaired) electrons. The van der Waals surface area contributed by atoms with E-state index in [1.807, 2.05) is 44.3 Å². The summed E-state index contributed by atoms with van der Waals surface area (Å²) >= 11 is 4.28. The lowest BCUT2D eigenvalue weighted by atomic mass is 10.2. The van der Waals surface area contributed by atoms with Gasteiger partial charge in [0.05, 0.1) is 17.5 Å². The second-order valence-corrected chi connectivity index (χ2v) is 7.27. The van der Waals surface area contributed by atoms with Crippen LogP contribution in [0.4, 0.5) is 0 Å². The summed E-state index contributed by atoms with van der Waals surface area (Å²) in [5.74, 6) is 0.723. The minimum Gasteiger partial charge on any atom is -0.377 e. The standard InChI is InChI=1S/C18H15BrN4O3S/c1-3-25-27-26-18-16(21-15-7-5-12(19)9-22(15)18)23-10-20-14-8-11(2)4-6-13(14)17(23)24/h4-10H,3H2,1-2H3. The minimum absolute atomic E-state index is 0.214. The summed E-state index contributed by atoms with van der Waals surface area (Å²) in [5.41, 5.74) is 2.11. The molecule has 0 spiro atoms. The molecule has 4 aromatic rings. The Morgan fingerprint density at radius 3 is 2.93 bits per heavy atom. The molecule has 0 aliphatic rings. The van der Waals surface area contributed by atoms with Gasteiger partial charge in [-0.25, -0.2) is 14.5 Å². The third kappa shape index (κ3) is 3.33. The van der Waals surface area contributed by atoms with Gasteiger partial charge in [0.25, 0.3) is 11.4 Å². The van der Waals surface area contributed by atoms with Crippen molar-refractivity contribution >= 4 is 44.8 Å².